The van der Waals surface area contributed by atoms with Gasteiger partial charge in [0.05, 0.1) is 12.0 Å². The van der Waals surface area contributed by atoms with Crippen LogP contribution in [-0.4, -0.2) is 23.0 Å². The standard InChI is InChI=1S/C18H15F3INO3/c19-18(20,21)13-6-4-11(5-7-13)10-16(24)23-15(17(25)26)9-12-2-1-3-14(22)8-12/h1-8,15H,9-10H2,(H,23,24)(H,25,26)/t15-/m1/s1. The molecule has 0 heterocycles. The molecule has 0 aliphatic rings. The minimum Gasteiger partial charge on any atom is -0.480 e. The highest BCUT2D eigenvalue weighted by Gasteiger charge is 2.30. The van der Waals surface area contributed by atoms with Gasteiger partial charge in [-0.15, -0.1) is 0 Å². The van der Waals surface area contributed by atoms with E-state index in [1.54, 1.807) is 12.1 Å². The Labute approximate surface area is 161 Å². The van der Waals surface area contributed by atoms with Crippen LogP contribution in [0.2, 0.25) is 0 Å². The number of carbonyl (C=O) groups excluding carboxylic acids is 1. The highest BCUT2D eigenvalue weighted by Crippen LogP contribution is 2.29. The third-order valence-electron chi connectivity index (χ3n) is 3.61. The highest BCUT2D eigenvalue weighted by atomic mass is 127. The van der Waals surface area contributed by atoms with Gasteiger partial charge in [-0.3, -0.25) is 4.79 Å². The van der Waals surface area contributed by atoms with E-state index < -0.39 is 29.7 Å². The second-order valence-electron chi connectivity index (χ2n) is 5.66. The van der Waals surface area contributed by atoms with Gasteiger partial charge in [0.1, 0.15) is 6.04 Å². The molecule has 0 aliphatic heterocycles. The summed E-state index contributed by atoms with van der Waals surface area (Å²) in [7, 11) is 0. The lowest BCUT2D eigenvalue weighted by molar-refractivity contribution is -0.141. The Morgan fingerprint density at radius 2 is 1.73 bits per heavy atom. The quantitative estimate of drug-likeness (QED) is 0.625. The van der Waals surface area contributed by atoms with Crippen LogP contribution in [0.3, 0.4) is 0 Å². The van der Waals surface area contributed by atoms with E-state index >= 15 is 0 Å². The van der Waals surface area contributed by atoms with Crippen LogP contribution < -0.4 is 5.32 Å². The fraction of sp³-hybridized carbons (Fsp3) is 0.222. The average molecular weight is 477 g/mol. The zero-order valence-electron chi connectivity index (χ0n) is 13.4. The third kappa shape index (κ3) is 6.01. The van der Waals surface area contributed by atoms with Crippen LogP contribution in [0.1, 0.15) is 16.7 Å². The highest BCUT2D eigenvalue weighted by molar-refractivity contribution is 14.1. The Morgan fingerprint density at radius 3 is 2.27 bits per heavy atom. The van der Waals surface area contributed by atoms with Crippen molar-refractivity contribution in [2.24, 2.45) is 0 Å². The number of halogens is 4. The Bertz CT molecular complexity index is 791. The van der Waals surface area contributed by atoms with Crippen LogP contribution >= 0.6 is 22.6 Å². The van der Waals surface area contributed by atoms with Crippen LogP contribution in [0.5, 0.6) is 0 Å². The molecule has 0 unspecified atom stereocenters. The molecule has 0 bridgehead atoms. The summed E-state index contributed by atoms with van der Waals surface area (Å²) in [6.45, 7) is 0. The SMILES string of the molecule is O=C(Cc1ccc(C(F)(F)F)cc1)N[C@H](Cc1cccc(I)c1)C(=O)O. The number of rotatable bonds is 6. The molecule has 2 aromatic rings. The number of hydrogen-bond acceptors (Lipinski definition) is 2. The van der Waals surface area contributed by atoms with Gasteiger partial charge in [0, 0.05) is 9.99 Å². The van der Waals surface area contributed by atoms with E-state index in [4.69, 9.17) is 0 Å². The van der Waals surface area contributed by atoms with Gasteiger partial charge in [-0.2, -0.15) is 13.2 Å². The van der Waals surface area contributed by atoms with Gasteiger partial charge in [0.15, 0.2) is 0 Å². The van der Waals surface area contributed by atoms with Gasteiger partial charge in [-0.25, -0.2) is 4.79 Å². The molecule has 1 amide bonds. The summed E-state index contributed by atoms with van der Waals surface area (Å²) in [6, 6.07) is 10.3. The second-order valence-corrected chi connectivity index (χ2v) is 6.91. The summed E-state index contributed by atoms with van der Waals surface area (Å²) >= 11 is 2.10. The zero-order chi connectivity index (χ0) is 19.3. The summed E-state index contributed by atoms with van der Waals surface area (Å²) < 4.78 is 38.5. The minimum atomic E-state index is -4.44. The topological polar surface area (TPSA) is 66.4 Å². The molecule has 0 aromatic heterocycles. The smallest absolute Gasteiger partial charge is 0.416 e. The second kappa shape index (κ2) is 8.52. The molecule has 8 heteroatoms. The number of carboxylic acids is 1. The van der Waals surface area contributed by atoms with Gasteiger partial charge in [0.25, 0.3) is 0 Å². The molecule has 0 fully saturated rings. The summed E-state index contributed by atoms with van der Waals surface area (Å²) in [6.07, 6.45) is -4.53. The average Bonchev–Trinajstić information content (AvgIpc) is 2.53. The number of carboxylic acid groups (broad SMARTS) is 1. The first kappa shape index (κ1) is 20.2. The normalized spacial score (nSPS) is 12.5. The van der Waals surface area contributed by atoms with E-state index in [9.17, 15) is 27.9 Å². The van der Waals surface area contributed by atoms with Crippen molar-refractivity contribution in [3.8, 4) is 0 Å². The molecule has 1 atom stereocenters. The largest absolute Gasteiger partial charge is 0.480 e. The molecule has 138 valence electrons. The number of amides is 1. The van der Waals surface area contributed by atoms with Gasteiger partial charge < -0.3 is 10.4 Å². The molecule has 2 aromatic carbocycles. The number of nitrogens with one attached hydrogen (secondary N) is 1. The van der Waals surface area contributed by atoms with Crippen molar-refractivity contribution in [3.63, 3.8) is 0 Å². The lowest BCUT2D eigenvalue weighted by Crippen LogP contribution is -2.43. The van der Waals surface area contributed by atoms with Gasteiger partial charge >= 0.3 is 12.1 Å². The summed E-state index contributed by atoms with van der Waals surface area (Å²) in [4.78, 5) is 23.5. The molecule has 4 nitrogen and oxygen atoms in total. The van der Waals surface area contributed by atoms with Crippen LogP contribution in [-0.2, 0) is 28.6 Å². The number of hydrogen-bond donors (Lipinski definition) is 2. The van der Waals surface area contributed by atoms with Crippen molar-refractivity contribution in [3.05, 3.63) is 68.8 Å². The molecule has 0 spiro atoms. The first-order chi connectivity index (χ1) is 12.1. The molecular formula is C18H15F3INO3. The van der Waals surface area contributed by atoms with E-state index in [2.05, 4.69) is 27.9 Å². The van der Waals surface area contributed by atoms with E-state index in [0.29, 0.717) is 5.56 Å². The molecule has 2 rings (SSSR count). The monoisotopic (exact) mass is 477 g/mol. The Balaban J connectivity index is 2.00. The fourth-order valence-corrected chi connectivity index (χ4v) is 2.95. The van der Waals surface area contributed by atoms with Crippen LogP contribution in [0, 0.1) is 3.57 Å². The first-order valence-electron chi connectivity index (χ1n) is 7.58. The van der Waals surface area contributed by atoms with Crippen molar-refractivity contribution in [1.82, 2.24) is 5.32 Å². The lowest BCUT2D eigenvalue weighted by atomic mass is 10.0. The van der Waals surface area contributed by atoms with Gasteiger partial charge in [-0.1, -0.05) is 24.3 Å². The van der Waals surface area contributed by atoms with E-state index in [1.165, 1.54) is 12.1 Å². The number of carbonyl (C=O) groups is 2. The van der Waals surface area contributed by atoms with Crippen LogP contribution in [0.25, 0.3) is 0 Å². The van der Waals surface area contributed by atoms with Gasteiger partial charge in [0.2, 0.25) is 5.91 Å². The molecule has 0 radical (unpaired) electrons. The first-order valence-corrected chi connectivity index (χ1v) is 8.66. The van der Waals surface area contributed by atoms with E-state index in [0.717, 1.165) is 21.3 Å². The van der Waals surface area contributed by atoms with Crippen LogP contribution in [0.15, 0.2) is 48.5 Å². The maximum Gasteiger partial charge on any atom is 0.416 e. The molecule has 0 aliphatic carbocycles. The lowest BCUT2D eigenvalue weighted by Gasteiger charge is -2.15. The minimum absolute atomic E-state index is 0.116. The van der Waals surface area contributed by atoms with Crippen molar-refractivity contribution < 1.29 is 27.9 Å². The molecule has 26 heavy (non-hydrogen) atoms. The number of alkyl halides is 3. The van der Waals surface area contributed by atoms with Crippen molar-refractivity contribution in [2.75, 3.05) is 0 Å². The fourth-order valence-electron chi connectivity index (χ4n) is 2.34. The van der Waals surface area contributed by atoms with Crippen molar-refractivity contribution in [2.45, 2.75) is 25.1 Å². The Kier molecular flexibility index (Phi) is 6.63. The maximum absolute atomic E-state index is 12.5. The van der Waals surface area contributed by atoms with E-state index in [1.807, 2.05) is 12.1 Å². The molecule has 2 N–H and O–H groups in total. The summed E-state index contributed by atoms with van der Waals surface area (Å²) in [5.41, 5.74) is 0.330. The van der Waals surface area contributed by atoms with Gasteiger partial charge in [-0.05, 0) is 58.0 Å². The van der Waals surface area contributed by atoms with E-state index in [-0.39, 0.29) is 12.8 Å². The number of benzene rings is 2. The predicted octanol–water partition coefficient (Wildman–Crippen LogP) is 3.66. The van der Waals surface area contributed by atoms with Crippen LogP contribution in [0.4, 0.5) is 13.2 Å². The van der Waals surface area contributed by atoms with Crippen molar-refractivity contribution in [1.29, 1.82) is 0 Å². The molecular weight excluding hydrogens is 462 g/mol. The molecule has 0 saturated carbocycles. The van der Waals surface area contributed by atoms with Crippen molar-refractivity contribution >= 4 is 34.5 Å². The third-order valence-corrected chi connectivity index (χ3v) is 4.28. The molecule has 0 saturated heterocycles. The maximum atomic E-state index is 12.5. The Hall–Kier alpha value is -2.10. The Morgan fingerprint density at radius 1 is 1.08 bits per heavy atom. The predicted molar refractivity (Wildman–Crippen MR) is 97.6 cm³/mol. The summed E-state index contributed by atoms with van der Waals surface area (Å²) in [5, 5.41) is 11.7. The number of aliphatic carboxylic acids is 1. The summed E-state index contributed by atoms with van der Waals surface area (Å²) in [5.74, 6) is -1.74. The zero-order valence-corrected chi connectivity index (χ0v) is 15.5.